The molecule has 11 nitrogen and oxygen atoms in total. The minimum atomic E-state index is -0.724. The maximum Gasteiger partial charge on any atom is 0.330 e. The van der Waals surface area contributed by atoms with E-state index in [1.165, 1.54) is 20.3 Å². The molecule has 3 atom stereocenters. The summed E-state index contributed by atoms with van der Waals surface area (Å²) in [5.74, 6) is -0.307. The Hall–Kier alpha value is -4.00. The molecular formula is C33H33Cl2N5O6. The number of benzene rings is 2. The van der Waals surface area contributed by atoms with Crippen molar-refractivity contribution in [2.24, 2.45) is 14.1 Å². The van der Waals surface area contributed by atoms with Crippen LogP contribution in [0.1, 0.15) is 40.4 Å². The van der Waals surface area contributed by atoms with E-state index in [0.717, 1.165) is 39.7 Å². The Kier molecular flexibility index (Phi) is 9.04. The fourth-order valence-corrected chi connectivity index (χ4v) is 6.74. The molecule has 0 spiro atoms. The van der Waals surface area contributed by atoms with Crippen molar-refractivity contribution in [2.45, 2.75) is 37.5 Å². The zero-order valence-electron chi connectivity index (χ0n) is 25.5. The Bertz CT molecular complexity index is 1950. The van der Waals surface area contributed by atoms with Gasteiger partial charge in [0.05, 0.1) is 46.8 Å². The number of hydrogen-bond acceptors (Lipinski definition) is 8. The van der Waals surface area contributed by atoms with Gasteiger partial charge >= 0.3 is 5.69 Å². The van der Waals surface area contributed by atoms with Gasteiger partial charge in [-0.1, -0.05) is 53.5 Å². The first-order valence-corrected chi connectivity index (χ1v) is 15.6. The third-order valence-corrected chi connectivity index (χ3v) is 9.33. The van der Waals surface area contributed by atoms with Gasteiger partial charge in [0.1, 0.15) is 5.56 Å². The molecule has 46 heavy (non-hydrogen) atoms. The molecule has 3 heterocycles. The molecule has 1 aliphatic heterocycles. The molecule has 0 saturated carbocycles. The number of halogens is 2. The summed E-state index contributed by atoms with van der Waals surface area (Å²) in [6.07, 6.45) is 3.11. The van der Waals surface area contributed by atoms with Gasteiger partial charge in [-0.2, -0.15) is 0 Å². The number of methoxy groups -OCH3 is 1. The highest BCUT2D eigenvalue weighted by atomic mass is 35.5. The molecule has 240 valence electrons. The van der Waals surface area contributed by atoms with Gasteiger partial charge < -0.3 is 29.8 Å². The number of anilines is 1. The Morgan fingerprint density at radius 3 is 2.54 bits per heavy atom. The number of hydrogen-bond donors (Lipinski definition) is 3. The van der Waals surface area contributed by atoms with Crippen molar-refractivity contribution in [1.29, 1.82) is 0 Å². The quantitative estimate of drug-likeness (QED) is 0.256. The molecule has 2 aliphatic rings. The van der Waals surface area contributed by atoms with Crippen molar-refractivity contribution in [3.8, 4) is 28.3 Å². The first kappa shape index (κ1) is 32.0. The molecular weight excluding hydrogens is 633 g/mol. The van der Waals surface area contributed by atoms with E-state index in [-0.39, 0.29) is 28.4 Å². The first-order chi connectivity index (χ1) is 22.1. The number of aromatic nitrogens is 3. The summed E-state index contributed by atoms with van der Waals surface area (Å²) in [4.78, 5) is 42.6. The predicted octanol–water partition coefficient (Wildman–Crippen LogP) is 4.11. The van der Waals surface area contributed by atoms with E-state index in [0.29, 0.717) is 46.3 Å². The van der Waals surface area contributed by atoms with Crippen LogP contribution in [0.15, 0.2) is 58.3 Å². The summed E-state index contributed by atoms with van der Waals surface area (Å²) in [7, 11) is 4.31. The van der Waals surface area contributed by atoms with E-state index < -0.39 is 23.3 Å². The van der Waals surface area contributed by atoms with Crippen LogP contribution in [0.25, 0.3) is 22.4 Å². The van der Waals surface area contributed by atoms with Crippen LogP contribution in [-0.4, -0.2) is 57.6 Å². The Balaban J connectivity index is 1.32. The van der Waals surface area contributed by atoms with Crippen molar-refractivity contribution >= 4 is 34.8 Å². The van der Waals surface area contributed by atoms with Crippen LogP contribution < -0.4 is 26.6 Å². The number of carbonyl (C=O) groups excluding carboxylic acids is 1. The zero-order valence-corrected chi connectivity index (χ0v) is 27.0. The Morgan fingerprint density at radius 1 is 1.11 bits per heavy atom. The van der Waals surface area contributed by atoms with Gasteiger partial charge in [0, 0.05) is 62.1 Å². The van der Waals surface area contributed by atoms with Gasteiger partial charge in [0.15, 0.2) is 0 Å². The summed E-state index contributed by atoms with van der Waals surface area (Å²) >= 11 is 13.8. The smallest absolute Gasteiger partial charge is 0.330 e. The first-order valence-electron chi connectivity index (χ1n) is 14.9. The number of rotatable bonds is 8. The van der Waals surface area contributed by atoms with Crippen molar-refractivity contribution in [1.82, 2.24) is 19.4 Å². The monoisotopic (exact) mass is 665 g/mol. The highest BCUT2D eigenvalue weighted by Crippen LogP contribution is 2.44. The summed E-state index contributed by atoms with van der Waals surface area (Å²) < 4.78 is 13.5. The number of nitrogens with one attached hydrogen (secondary N) is 2. The van der Waals surface area contributed by atoms with Gasteiger partial charge in [-0.3, -0.25) is 14.2 Å². The largest absolute Gasteiger partial charge is 0.481 e. The molecule has 0 unspecified atom stereocenters. The molecule has 2 aromatic carbocycles. The number of aliphatic hydroxyl groups excluding tert-OH is 1. The Labute approximate surface area is 274 Å². The summed E-state index contributed by atoms with van der Waals surface area (Å²) in [6.45, 7) is 1.38. The van der Waals surface area contributed by atoms with Gasteiger partial charge in [-0.15, -0.1) is 0 Å². The second kappa shape index (κ2) is 13.0. The average molecular weight is 667 g/mol. The van der Waals surface area contributed by atoms with Crippen LogP contribution in [0.4, 0.5) is 5.69 Å². The summed E-state index contributed by atoms with van der Waals surface area (Å²) in [6, 6.07) is 12.1. The molecule has 1 fully saturated rings. The number of fused-ring (bicyclic) bond motifs is 1. The van der Waals surface area contributed by atoms with Gasteiger partial charge in [-0.05, 0) is 30.5 Å². The number of nitrogens with zero attached hydrogens (tertiary/aromatic N) is 3. The molecule has 4 aromatic rings. The summed E-state index contributed by atoms with van der Waals surface area (Å²) in [5.41, 5.74) is 2.85. The molecule has 1 amide bonds. The average Bonchev–Trinajstić information content (AvgIpc) is 3.68. The fourth-order valence-electron chi connectivity index (χ4n) is 6.14. The lowest BCUT2D eigenvalue weighted by atomic mass is 9.99. The maximum atomic E-state index is 13.1. The molecule has 0 bridgehead atoms. The van der Waals surface area contributed by atoms with E-state index >= 15 is 0 Å². The van der Waals surface area contributed by atoms with Crippen LogP contribution in [0.5, 0.6) is 5.88 Å². The molecule has 1 saturated heterocycles. The standard InChI is InChI=1S/C33H33Cl2N5O6/c1-39-16-22(32(43)40(2)33(39)44)30(42)37-23-11-5-9-20(28(23)35)19-8-4-10-21(27(19)34)24-13-17-14-25(41)29(26(17)31(38-24)45-3)36-15-18-7-6-12-46-18/h4-5,8-11,13,16,18,25,29,36,41H,6-7,12,14-15H2,1-3H3,(H,37,42)/t18-,25-,29-/m0/s1. The molecule has 1 aliphatic carbocycles. The highest BCUT2D eigenvalue weighted by molar-refractivity contribution is 6.39. The van der Waals surface area contributed by atoms with E-state index in [4.69, 9.17) is 37.7 Å². The highest BCUT2D eigenvalue weighted by Gasteiger charge is 2.36. The van der Waals surface area contributed by atoms with Crippen molar-refractivity contribution in [2.75, 3.05) is 25.6 Å². The minimum absolute atomic E-state index is 0.121. The number of pyridine rings is 1. The van der Waals surface area contributed by atoms with E-state index in [2.05, 4.69) is 10.6 Å². The van der Waals surface area contributed by atoms with Crippen molar-refractivity contribution in [3.05, 3.63) is 96.2 Å². The fraction of sp³-hybridized carbons (Fsp3) is 0.333. The van der Waals surface area contributed by atoms with Crippen molar-refractivity contribution < 1.29 is 19.4 Å². The zero-order chi connectivity index (χ0) is 32.7. The number of carbonyl (C=O) groups is 1. The van der Waals surface area contributed by atoms with Crippen LogP contribution in [0.3, 0.4) is 0 Å². The van der Waals surface area contributed by atoms with E-state index in [1.807, 2.05) is 18.2 Å². The van der Waals surface area contributed by atoms with Gasteiger partial charge in [0.2, 0.25) is 5.88 Å². The Morgan fingerprint density at radius 2 is 1.83 bits per heavy atom. The number of amides is 1. The lowest BCUT2D eigenvalue weighted by molar-refractivity contribution is 0.0920. The molecule has 0 radical (unpaired) electrons. The van der Waals surface area contributed by atoms with Gasteiger partial charge in [-0.25, -0.2) is 9.78 Å². The molecule has 3 N–H and O–H groups in total. The molecule has 13 heteroatoms. The van der Waals surface area contributed by atoms with Crippen molar-refractivity contribution in [3.63, 3.8) is 0 Å². The number of aryl methyl sites for hydroxylation is 1. The second-order valence-corrected chi connectivity index (χ2v) is 12.2. The third-order valence-electron chi connectivity index (χ3n) is 8.52. The van der Waals surface area contributed by atoms with E-state index in [9.17, 15) is 19.5 Å². The summed E-state index contributed by atoms with van der Waals surface area (Å²) in [5, 5.41) is 17.7. The maximum absolute atomic E-state index is 13.1. The predicted molar refractivity (Wildman–Crippen MR) is 176 cm³/mol. The number of ether oxygens (including phenoxy) is 2. The minimum Gasteiger partial charge on any atom is -0.481 e. The second-order valence-electron chi connectivity index (χ2n) is 11.5. The molecule has 6 rings (SSSR count). The van der Waals surface area contributed by atoms with Crippen LogP contribution in [0, 0.1) is 0 Å². The van der Waals surface area contributed by atoms with Crippen LogP contribution in [0.2, 0.25) is 10.0 Å². The molecule has 2 aromatic heterocycles. The number of aliphatic hydroxyl groups is 1. The lowest BCUT2D eigenvalue weighted by Crippen LogP contribution is -2.40. The third kappa shape index (κ3) is 5.85. The van der Waals surface area contributed by atoms with E-state index in [1.54, 1.807) is 31.4 Å². The lowest BCUT2D eigenvalue weighted by Gasteiger charge is -2.21. The normalized spacial score (nSPS) is 18.9. The SMILES string of the molecule is COc1nc(-c2cccc(-c3cccc(NC(=O)c4cn(C)c(=O)n(C)c4=O)c3Cl)c2Cl)cc2c1[C@@H](NC[C@@H]1CCCO1)[C@@H](O)C2. The van der Waals surface area contributed by atoms with Crippen LogP contribution >= 0.6 is 23.2 Å². The topological polar surface area (TPSA) is 137 Å². The van der Waals surface area contributed by atoms with Gasteiger partial charge in [0.25, 0.3) is 11.5 Å². The van der Waals surface area contributed by atoms with Crippen LogP contribution in [-0.2, 0) is 25.3 Å².